The molecule has 3 nitrogen and oxygen atoms in total. The van der Waals surface area contributed by atoms with E-state index in [0.717, 1.165) is 30.9 Å². The van der Waals surface area contributed by atoms with Crippen LogP contribution < -0.4 is 4.74 Å². The van der Waals surface area contributed by atoms with Crippen molar-refractivity contribution < 1.29 is 4.74 Å². The fourth-order valence-corrected chi connectivity index (χ4v) is 4.14. The Morgan fingerprint density at radius 3 is 2.43 bits per heavy atom. The molecule has 2 fully saturated rings. The minimum absolute atomic E-state index is 0.737. The van der Waals surface area contributed by atoms with Gasteiger partial charge in [0, 0.05) is 38.8 Å². The largest absolute Gasteiger partial charge is 0.494 e. The van der Waals surface area contributed by atoms with Gasteiger partial charge in [-0.15, -0.1) is 0 Å². The van der Waals surface area contributed by atoms with Crippen LogP contribution in [0.3, 0.4) is 0 Å². The van der Waals surface area contributed by atoms with Crippen LogP contribution in [0.2, 0.25) is 0 Å². The van der Waals surface area contributed by atoms with E-state index in [0.29, 0.717) is 0 Å². The molecule has 1 saturated carbocycles. The van der Waals surface area contributed by atoms with E-state index in [9.17, 15) is 0 Å². The number of nitrogens with zero attached hydrogens (tertiary/aromatic N) is 2. The van der Waals surface area contributed by atoms with Gasteiger partial charge in [0.15, 0.2) is 0 Å². The molecule has 0 unspecified atom stereocenters. The van der Waals surface area contributed by atoms with Crippen molar-refractivity contribution in [3.63, 3.8) is 0 Å². The zero-order chi connectivity index (χ0) is 16.1. The number of ether oxygens (including phenoxy) is 1. The van der Waals surface area contributed by atoms with Gasteiger partial charge < -0.3 is 4.74 Å². The predicted molar refractivity (Wildman–Crippen MR) is 95.9 cm³/mol. The monoisotopic (exact) mass is 316 g/mol. The number of hydrogen-bond donors (Lipinski definition) is 0. The number of rotatable bonds is 5. The standard InChI is InChI=1S/C20H32N2O/c1-3-23-20-9-7-18(8-10-20)16-21-11-13-22(14-12-21)19-6-4-5-17(2)15-19/h7-10,17,19H,3-6,11-16H2,1-2H3/t17-,19+/m1/s1. The summed E-state index contributed by atoms with van der Waals surface area (Å²) in [6, 6.07) is 9.46. The highest BCUT2D eigenvalue weighted by Crippen LogP contribution is 2.28. The van der Waals surface area contributed by atoms with Gasteiger partial charge in [-0.2, -0.15) is 0 Å². The molecule has 23 heavy (non-hydrogen) atoms. The highest BCUT2D eigenvalue weighted by Gasteiger charge is 2.27. The normalized spacial score (nSPS) is 27.0. The van der Waals surface area contributed by atoms with Gasteiger partial charge in [-0.25, -0.2) is 0 Å². The predicted octanol–water partition coefficient (Wildman–Crippen LogP) is 3.78. The lowest BCUT2D eigenvalue weighted by Gasteiger charge is -2.42. The molecule has 0 radical (unpaired) electrons. The molecule has 0 amide bonds. The zero-order valence-electron chi connectivity index (χ0n) is 14.8. The topological polar surface area (TPSA) is 15.7 Å². The SMILES string of the molecule is CCOc1ccc(CN2CCN([C@H]3CCC[C@@H](C)C3)CC2)cc1. The molecule has 1 aliphatic heterocycles. The van der Waals surface area contributed by atoms with Crippen molar-refractivity contribution in [2.24, 2.45) is 5.92 Å². The molecular weight excluding hydrogens is 284 g/mol. The summed E-state index contributed by atoms with van der Waals surface area (Å²) >= 11 is 0. The molecule has 3 rings (SSSR count). The van der Waals surface area contributed by atoms with Crippen LogP contribution in [0.5, 0.6) is 5.75 Å². The summed E-state index contributed by atoms with van der Waals surface area (Å²) in [6.07, 6.45) is 5.70. The highest BCUT2D eigenvalue weighted by atomic mass is 16.5. The molecule has 0 bridgehead atoms. The van der Waals surface area contributed by atoms with Gasteiger partial charge in [-0.1, -0.05) is 31.9 Å². The van der Waals surface area contributed by atoms with E-state index in [1.54, 1.807) is 0 Å². The molecule has 0 aromatic heterocycles. The fraction of sp³-hybridized carbons (Fsp3) is 0.700. The van der Waals surface area contributed by atoms with E-state index < -0.39 is 0 Å². The van der Waals surface area contributed by atoms with E-state index in [4.69, 9.17) is 4.74 Å². The Kier molecular flexibility index (Phi) is 5.96. The summed E-state index contributed by atoms with van der Waals surface area (Å²) < 4.78 is 5.52. The maximum Gasteiger partial charge on any atom is 0.119 e. The second kappa shape index (κ2) is 8.16. The second-order valence-electron chi connectivity index (χ2n) is 7.31. The maximum atomic E-state index is 5.52. The summed E-state index contributed by atoms with van der Waals surface area (Å²) in [6.45, 7) is 11.2. The van der Waals surface area contributed by atoms with Gasteiger partial charge in [0.25, 0.3) is 0 Å². The highest BCUT2D eigenvalue weighted by molar-refractivity contribution is 5.27. The van der Waals surface area contributed by atoms with Gasteiger partial charge in [-0.3, -0.25) is 9.80 Å². The lowest BCUT2D eigenvalue weighted by molar-refractivity contribution is 0.0659. The van der Waals surface area contributed by atoms with Crippen LogP contribution in [0.25, 0.3) is 0 Å². The average molecular weight is 316 g/mol. The molecule has 0 spiro atoms. The quantitative estimate of drug-likeness (QED) is 0.822. The van der Waals surface area contributed by atoms with E-state index in [1.165, 1.54) is 57.4 Å². The summed E-state index contributed by atoms with van der Waals surface area (Å²) in [5.74, 6) is 1.91. The third-order valence-electron chi connectivity index (χ3n) is 5.47. The van der Waals surface area contributed by atoms with Gasteiger partial charge in [-0.05, 0) is 43.4 Å². The van der Waals surface area contributed by atoms with Crippen molar-refractivity contribution >= 4 is 0 Å². The summed E-state index contributed by atoms with van der Waals surface area (Å²) in [5.41, 5.74) is 1.40. The van der Waals surface area contributed by atoms with Crippen molar-refractivity contribution in [3.8, 4) is 5.75 Å². The first-order chi connectivity index (χ1) is 11.2. The first-order valence-corrected chi connectivity index (χ1v) is 9.42. The van der Waals surface area contributed by atoms with Crippen LogP contribution in [-0.2, 0) is 6.54 Å². The first-order valence-electron chi connectivity index (χ1n) is 9.42. The zero-order valence-corrected chi connectivity index (χ0v) is 14.8. The van der Waals surface area contributed by atoms with E-state index in [-0.39, 0.29) is 0 Å². The summed E-state index contributed by atoms with van der Waals surface area (Å²) in [4.78, 5) is 5.35. The minimum atomic E-state index is 0.737. The van der Waals surface area contributed by atoms with Crippen molar-refractivity contribution in [1.82, 2.24) is 9.80 Å². The van der Waals surface area contributed by atoms with Crippen molar-refractivity contribution in [1.29, 1.82) is 0 Å². The maximum absolute atomic E-state index is 5.52. The number of benzene rings is 1. The Labute approximate surface area is 141 Å². The average Bonchev–Trinajstić information content (AvgIpc) is 2.58. The molecule has 1 aromatic rings. The van der Waals surface area contributed by atoms with Crippen LogP contribution in [0.15, 0.2) is 24.3 Å². The molecule has 1 heterocycles. The smallest absolute Gasteiger partial charge is 0.119 e. The molecule has 3 heteroatoms. The van der Waals surface area contributed by atoms with E-state index in [1.807, 2.05) is 6.92 Å². The fourth-order valence-electron chi connectivity index (χ4n) is 4.14. The lowest BCUT2D eigenvalue weighted by Crippen LogP contribution is -2.50. The summed E-state index contributed by atoms with van der Waals surface area (Å²) in [7, 11) is 0. The van der Waals surface area contributed by atoms with Gasteiger partial charge in [0.2, 0.25) is 0 Å². The summed E-state index contributed by atoms with van der Waals surface area (Å²) in [5, 5.41) is 0. The molecule has 1 aromatic carbocycles. The Hall–Kier alpha value is -1.06. The lowest BCUT2D eigenvalue weighted by atomic mass is 9.86. The van der Waals surface area contributed by atoms with Crippen molar-refractivity contribution in [3.05, 3.63) is 29.8 Å². The Morgan fingerprint density at radius 1 is 1.04 bits per heavy atom. The Balaban J connectivity index is 1.45. The van der Waals surface area contributed by atoms with Crippen molar-refractivity contribution in [2.75, 3.05) is 32.8 Å². The van der Waals surface area contributed by atoms with Crippen LogP contribution in [0, 0.1) is 5.92 Å². The molecule has 1 aliphatic carbocycles. The van der Waals surface area contributed by atoms with Gasteiger partial charge in [0.05, 0.1) is 6.61 Å². The molecule has 128 valence electrons. The molecule has 2 aliphatic rings. The molecule has 1 saturated heterocycles. The van der Waals surface area contributed by atoms with Crippen LogP contribution in [0.4, 0.5) is 0 Å². The molecule has 2 atom stereocenters. The number of piperazine rings is 1. The van der Waals surface area contributed by atoms with Crippen LogP contribution in [0.1, 0.15) is 45.1 Å². The number of hydrogen-bond acceptors (Lipinski definition) is 3. The third kappa shape index (κ3) is 4.71. The van der Waals surface area contributed by atoms with Crippen LogP contribution >= 0.6 is 0 Å². The van der Waals surface area contributed by atoms with Crippen molar-refractivity contribution in [2.45, 2.75) is 52.1 Å². The Bertz CT molecular complexity index is 465. The van der Waals surface area contributed by atoms with Crippen LogP contribution in [-0.4, -0.2) is 48.6 Å². The minimum Gasteiger partial charge on any atom is -0.494 e. The second-order valence-corrected chi connectivity index (χ2v) is 7.31. The Morgan fingerprint density at radius 2 is 1.78 bits per heavy atom. The molecular formula is C20H32N2O. The molecule has 0 N–H and O–H groups in total. The van der Waals surface area contributed by atoms with Gasteiger partial charge >= 0.3 is 0 Å². The van der Waals surface area contributed by atoms with Gasteiger partial charge in [0.1, 0.15) is 5.75 Å². The first kappa shape index (κ1) is 16.8. The van der Waals surface area contributed by atoms with E-state index >= 15 is 0 Å². The van der Waals surface area contributed by atoms with E-state index in [2.05, 4.69) is 41.0 Å². The third-order valence-corrected chi connectivity index (χ3v) is 5.47.